The Morgan fingerprint density at radius 2 is 1.96 bits per heavy atom. The summed E-state index contributed by atoms with van der Waals surface area (Å²) in [6.07, 6.45) is 2.28. The highest BCUT2D eigenvalue weighted by Crippen LogP contribution is 2.36. The number of hydrogen-bond acceptors (Lipinski definition) is 5. The second-order valence-corrected chi connectivity index (χ2v) is 6.71. The minimum atomic E-state index is -0.00190. The summed E-state index contributed by atoms with van der Waals surface area (Å²) in [5, 5.41) is 18.1. The molecule has 128 valence electrons. The number of carbonyl (C=O) groups is 1. The Labute approximate surface area is 141 Å². The fourth-order valence-electron chi connectivity index (χ4n) is 2.34. The number of nitrogens with one attached hydrogen (secondary N) is 2. The van der Waals surface area contributed by atoms with Crippen molar-refractivity contribution in [3.05, 3.63) is 24.3 Å². The van der Waals surface area contributed by atoms with Crippen LogP contribution in [0.15, 0.2) is 24.3 Å². The molecule has 1 atom stereocenters. The van der Waals surface area contributed by atoms with E-state index in [1.54, 1.807) is 0 Å². The first-order chi connectivity index (χ1) is 11.5. The molecule has 1 aliphatic rings. The SMILES string of the molecule is CC(C)[C@H](C)NC(=O)CNc1ccc(-c2nnnn2C2CC2)cc1. The molecular weight excluding hydrogens is 304 g/mol. The van der Waals surface area contributed by atoms with E-state index in [9.17, 15) is 4.79 Å². The molecule has 1 aromatic heterocycles. The summed E-state index contributed by atoms with van der Waals surface area (Å²) < 4.78 is 1.89. The maximum Gasteiger partial charge on any atom is 0.239 e. The van der Waals surface area contributed by atoms with Gasteiger partial charge < -0.3 is 10.6 Å². The predicted molar refractivity (Wildman–Crippen MR) is 92.5 cm³/mol. The van der Waals surface area contributed by atoms with E-state index in [2.05, 4.69) is 40.0 Å². The Morgan fingerprint density at radius 3 is 2.58 bits per heavy atom. The number of benzene rings is 1. The zero-order valence-electron chi connectivity index (χ0n) is 14.4. The monoisotopic (exact) mass is 328 g/mol. The number of amides is 1. The quantitative estimate of drug-likeness (QED) is 0.814. The Morgan fingerprint density at radius 1 is 1.25 bits per heavy atom. The Balaban J connectivity index is 1.57. The van der Waals surface area contributed by atoms with Crippen LogP contribution in [0.1, 0.15) is 39.7 Å². The van der Waals surface area contributed by atoms with Gasteiger partial charge in [-0.25, -0.2) is 4.68 Å². The van der Waals surface area contributed by atoms with Crippen LogP contribution in [-0.4, -0.2) is 38.7 Å². The van der Waals surface area contributed by atoms with Gasteiger partial charge in [0, 0.05) is 17.3 Å². The zero-order chi connectivity index (χ0) is 17.1. The molecule has 24 heavy (non-hydrogen) atoms. The summed E-state index contributed by atoms with van der Waals surface area (Å²) in [6, 6.07) is 8.45. The Kier molecular flexibility index (Phi) is 4.78. The van der Waals surface area contributed by atoms with Gasteiger partial charge in [0.1, 0.15) is 0 Å². The van der Waals surface area contributed by atoms with Gasteiger partial charge in [-0.05, 0) is 60.4 Å². The van der Waals surface area contributed by atoms with Gasteiger partial charge >= 0.3 is 0 Å². The maximum absolute atomic E-state index is 11.9. The van der Waals surface area contributed by atoms with E-state index in [1.165, 1.54) is 0 Å². The topological polar surface area (TPSA) is 84.7 Å². The molecule has 7 nitrogen and oxygen atoms in total. The summed E-state index contributed by atoms with van der Waals surface area (Å²) in [5.41, 5.74) is 1.88. The highest BCUT2D eigenvalue weighted by atomic mass is 16.1. The maximum atomic E-state index is 11.9. The van der Waals surface area contributed by atoms with Gasteiger partial charge in [-0.2, -0.15) is 0 Å². The molecule has 1 aliphatic carbocycles. The van der Waals surface area contributed by atoms with E-state index in [1.807, 2.05) is 35.9 Å². The van der Waals surface area contributed by atoms with Crippen LogP contribution in [0, 0.1) is 5.92 Å². The molecule has 0 spiro atoms. The van der Waals surface area contributed by atoms with E-state index in [-0.39, 0.29) is 18.5 Å². The van der Waals surface area contributed by atoms with Crippen LogP contribution in [0.5, 0.6) is 0 Å². The number of anilines is 1. The van der Waals surface area contributed by atoms with Crippen LogP contribution < -0.4 is 10.6 Å². The van der Waals surface area contributed by atoms with Crippen LogP contribution in [-0.2, 0) is 4.79 Å². The van der Waals surface area contributed by atoms with Gasteiger partial charge in [-0.15, -0.1) is 5.10 Å². The van der Waals surface area contributed by atoms with Crippen molar-refractivity contribution in [1.82, 2.24) is 25.5 Å². The lowest BCUT2D eigenvalue weighted by Gasteiger charge is -2.17. The fourth-order valence-corrected chi connectivity index (χ4v) is 2.34. The second kappa shape index (κ2) is 6.98. The van der Waals surface area contributed by atoms with Crippen molar-refractivity contribution in [3.63, 3.8) is 0 Å². The molecule has 7 heteroatoms. The molecule has 1 aromatic carbocycles. The average molecular weight is 328 g/mol. The zero-order valence-corrected chi connectivity index (χ0v) is 14.4. The minimum absolute atomic E-state index is 0.00190. The molecule has 1 amide bonds. The standard InChI is InChI=1S/C17H24N6O/c1-11(2)12(3)19-16(24)10-18-14-6-4-13(5-7-14)17-20-21-22-23(17)15-8-9-15/h4-7,11-12,15,18H,8-10H2,1-3H3,(H,19,24)/t12-/m0/s1. The minimum Gasteiger partial charge on any atom is -0.376 e. The van der Waals surface area contributed by atoms with Gasteiger partial charge in [0.05, 0.1) is 12.6 Å². The van der Waals surface area contributed by atoms with E-state index >= 15 is 0 Å². The lowest BCUT2D eigenvalue weighted by molar-refractivity contribution is -0.120. The molecular formula is C17H24N6O. The van der Waals surface area contributed by atoms with Crippen molar-refractivity contribution in [2.24, 2.45) is 5.92 Å². The first-order valence-electron chi connectivity index (χ1n) is 8.46. The van der Waals surface area contributed by atoms with Gasteiger partial charge in [0.25, 0.3) is 0 Å². The van der Waals surface area contributed by atoms with Crippen molar-refractivity contribution in [1.29, 1.82) is 0 Å². The lowest BCUT2D eigenvalue weighted by Crippen LogP contribution is -2.39. The molecule has 2 N–H and O–H groups in total. The first-order valence-corrected chi connectivity index (χ1v) is 8.46. The molecule has 0 bridgehead atoms. The van der Waals surface area contributed by atoms with E-state index in [0.29, 0.717) is 12.0 Å². The molecule has 2 aromatic rings. The molecule has 3 rings (SSSR count). The lowest BCUT2D eigenvalue weighted by atomic mass is 10.1. The average Bonchev–Trinajstić information content (AvgIpc) is 3.30. The summed E-state index contributed by atoms with van der Waals surface area (Å²) in [5.74, 6) is 1.22. The number of nitrogens with zero attached hydrogens (tertiary/aromatic N) is 4. The van der Waals surface area contributed by atoms with E-state index < -0.39 is 0 Å². The number of aromatic nitrogens is 4. The third-order valence-corrected chi connectivity index (χ3v) is 4.37. The number of rotatable bonds is 7. The van der Waals surface area contributed by atoms with Crippen molar-refractivity contribution >= 4 is 11.6 Å². The highest BCUT2D eigenvalue weighted by molar-refractivity contribution is 5.81. The third kappa shape index (κ3) is 3.90. The van der Waals surface area contributed by atoms with E-state index in [4.69, 9.17) is 0 Å². The van der Waals surface area contributed by atoms with Gasteiger partial charge in [-0.3, -0.25) is 4.79 Å². The van der Waals surface area contributed by atoms with Crippen LogP contribution in [0.3, 0.4) is 0 Å². The molecule has 1 saturated carbocycles. The molecule has 0 saturated heterocycles. The normalized spacial score (nSPS) is 15.3. The van der Waals surface area contributed by atoms with Crippen LogP contribution >= 0.6 is 0 Å². The van der Waals surface area contributed by atoms with Crippen molar-refractivity contribution in [3.8, 4) is 11.4 Å². The largest absolute Gasteiger partial charge is 0.376 e. The number of tetrazole rings is 1. The van der Waals surface area contributed by atoms with Crippen LogP contribution in [0.25, 0.3) is 11.4 Å². The second-order valence-electron chi connectivity index (χ2n) is 6.71. The predicted octanol–water partition coefficient (Wildman–Crippen LogP) is 2.25. The third-order valence-electron chi connectivity index (χ3n) is 4.37. The van der Waals surface area contributed by atoms with Crippen molar-refractivity contribution in [2.45, 2.75) is 45.7 Å². The van der Waals surface area contributed by atoms with Crippen LogP contribution in [0.2, 0.25) is 0 Å². The fraction of sp³-hybridized carbons (Fsp3) is 0.529. The summed E-state index contributed by atoms with van der Waals surface area (Å²) in [7, 11) is 0. The summed E-state index contributed by atoms with van der Waals surface area (Å²) in [4.78, 5) is 11.9. The summed E-state index contributed by atoms with van der Waals surface area (Å²) >= 11 is 0. The van der Waals surface area contributed by atoms with Crippen LogP contribution in [0.4, 0.5) is 5.69 Å². The molecule has 0 radical (unpaired) electrons. The molecule has 1 fully saturated rings. The van der Waals surface area contributed by atoms with Gasteiger partial charge in [0.2, 0.25) is 5.91 Å². The van der Waals surface area contributed by atoms with E-state index in [0.717, 1.165) is 29.9 Å². The van der Waals surface area contributed by atoms with Crippen molar-refractivity contribution < 1.29 is 4.79 Å². The number of carbonyl (C=O) groups excluding carboxylic acids is 1. The number of hydrogen-bond donors (Lipinski definition) is 2. The molecule has 1 heterocycles. The Bertz CT molecular complexity index is 689. The first kappa shape index (κ1) is 16.4. The smallest absolute Gasteiger partial charge is 0.239 e. The van der Waals surface area contributed by atoms with Gasteiger partial charge in [0.15, 0.2) is 5.82 Å². The Hall–Kier alpha value is -2.44. The summed E-state index contributed by atoms with van der Waals surface area (Å²) in [6.45, 7) is 6.45. The molecule has 0 unspecified atom stereocenters. The van der Waals surface area contributed by atoms with Crippen molar-refractivity contribution in [2.75, 3.05) is 11.9 Å². The molecule has 0 aliphatic heterocycles. The highest BCUT2D eigenvalue weighted by Gasteiger charge is 2.28. The van der Waals surface area contributed by atoms with Gasteiger partial charge in [-0.1, -0.05) is 13.8 Å².